The molecule has 0 atom stereocenters. The monoisotopic (exact) mass is 461 g/mol. The fourth-order valence-electron chi connectivity index (χ4n) is 4.58. The molecule has 1 aliphatic heterocycles. The lowest BCUT2D eigenvalue weighted by molar-refractivity contribution is 0.104. The Morgan fingerprint density at radius 2 is 1.82 bits per heavy atom. The van der Waals surface area contributed by atoms with Crippen LogP contribution < -0.4 is 10.3 Å². The number of fused-ring (bicyclic) bond motifs is 1. The summed E-state index contributed by atoms with van der Waals surface area (Å²) < 4.78 is 17.2. The molecule has 2 heterocycles. The lowest BCUT2D eigenvalue weighted by Crippen LogP contribution is -2.46. The number of piperazine rings is 1. The first-order valence-corrected chi connectivity index (χ1v) is 11.8. The number of aromatic nitrogens is 1. The number of benzene rings is 2. The molecule has 176 valence electrons. The molecule has 7 heteroatoms. The molecule has 1 saturated carbocycles. The first-order valence-electron chi connectivity index (χ1n) is 11.8. The zero-order valence-corrected chi connectivity index (χ0v) is 19.2. The smallest absolute Gasteiger partial charge is 0.200 e. The molecule has 6 nitrogen and oxygen atoms in total. The number of allylic oxidation sites excluding steroid dienone is 1. The van der Waals surface area contributed by atoms with Gasteiger partial charge in [0.2, 0.25) is 5.43 Å². The van der Waals surface area contributed by atoms with E-state index in [2.05, 4.69) is 11.8 Å². The molecule has 0 spiro atoms. The molecular formula is C27H28FN3O3. The van der Waals surface area contributed by atoms with E-state index in [1.54, 1.807) is 30.5 Å². The Morgan fingerprint density at radius 1 is 1.12 bits per heavy atom. The van der Waals surface area contributed by atoms with Crippen molar-refractivity contribution in [1.82, 2.24) is 9.47 Å². The van der Waals surface area contributed by atoms with Gasteiger partial charge >= 0.3 is 0 Å². The van der Waals surface area contributed by atoms with Crippen molar-refractivity contribution in [3.63, 3.8) is 0 Å². The summed E-state index contributed by atoms with van der Waals surface area (Å²) in [6.45, 7) is 6.34. The van der Waals surface area contributed by atoms with Gasteiger partial charge < -0.3 is 19.5 Å². The van der Waals surface area contributed by atoms with Gasteiger partial charge in [0.25, 0.3) is 0 Å². The van der Waals surface area contributed by atoms with Crippen molar-refractivity contribution in [1.29, 1.82) is 0 Å². The summed E-state index contributed by atoms with van der Waals surface area (Å²) in [5.74, 6) is -0.713. The van der Waals surface area contributed by atoms with Crippen LogP contribution >= 0.6 is 0 Å². The molecular weight excluding hydrogens is 433 g/mol. The van der Waals surface area contributed by atoms with Crippen LogP contribution in [-0.4, -0.2) is 53.1 Å². The number of hydrogen-bond donors (Lipinski definition) is 1. The number of pyridine rings is 1. The number of hydrogen-bond acceptors (Lipinski definition) is 5. The number of nitrogens with zero attached hydrogens (tertiary/aromatic N) is 3. The van der Waals surface area contributed by atoms with E-state index >= 15 is 4.39 Å². The number of phenols is 1. The maximum absolute atomic E-state index is 15.2. The summed E-state index contributed by atoms with van der Waals surface area (Å²) in [7, 11) is 0. The van der Waals surface area contributed by atoms with Crippen LogP contribution in [0, 0.1) is 5.82 Å². The van der Waals surface area contributed by atoms with Crippen molar-refractivity contribution in [2.75, 3.05) is 37.6 Å². The molecule has 3 aromatic rings. The highest BCUT2D eigenvalue weighted by molar-refractivity contribution is 6.08. The Morgan fingerprint density at radius 3 is 2.47 bits per heavy atom. The van der Waals surface area contributed by atoms with Crippen LogP contribution in [-0.2, 0) is 0 Å². The number of carbonyl (C=O) groups is 1. The Kier molecular flexibility index (Phi) is 5.96. The number of carbonyl (C=O) groups excluding carboxylic acids is 1. The lowest BCUT2D eigenvalue weighted by atomic mass is 10.1. The first-order chi connectivity index (χ1) is 16.4. The second-order valence-electron chi connectivity index (χ2n) is 9.04. The van der Waals surface area contributed by atoms with Crippen molar-refractivity contribution in [3.05, 3.63) is 75.8 Å². The molecule has 34 heavy (non-hydrogen) atoms. The summed E-state index contributed by atoms with van der Waals surface area (Å²) in [6.07, 6.45) is 6.53. The predicted octanol–water partition coefficient (Wildman–Crippen LogP) is 4.22. The average molecular weight is 462 g/mol. The molecule has 0 radical (unpaired) electrons. The fraction of sp³-hybridized carbons (Fsp3) is 0.333. The van der Waals surface area contributed by atoms with Gasteiger partial charge in [-0.25, -0.2) is 4.39 Å². The highest BCUT2D eigenvalue weighted by Gasteiger charge is 2.28. The number of halogens is 1. The van der Waals surface area contributed by atoms with E-state index < -0.39 is 17.0 Å². The lowest BCUT2D eigenvalue weighted by Gasteiger charge is -2.35. The van der Waals surface area contributed by atoms with Gasteiger partial charge in [0.05, 0.1) is 16.8 Å². The zero-order valence-electron chi connectivity index (χ0n) is 19.2. The predicted molar refractivity (Wildman–Crippen MR) is 132 cm³/mol. The molecule has 2 aromatic carbocycles. The standard InChI is InChI=1S/C27H28FN3O3/c1-2-29-11-13-30(14-12-29)25-16-24-21(15-23(25)28)27(34)22(17-31(24)19-6-7-19)26(33)10-5-18-3-8-20(32)9-4-18/h3-5,8-10,15-17,19,32H,2,6-7,11-14H2,1H3. The largest absolute Gasteiger partial charge is 0.508 e. The minimum absolute atomic E-state index is 0.0399. The van der Waals surface area contributed by atoms with Gasteiger partial charge in [-0.2, -0.15) is 0 Å². The highest BCUT2D eigenvalue weighted by atomic mass is 19.1. The number of anilines is 1. The zero-order chi connectivity index (χ0) is 23.8. The molecule has 1 N–H and O–H groups in total. The minimum atomic E-state index is -0.450. The number of rotatable bonds is 6. The van der Waals surface area contributed by atoms with Gasteiger partial charge in [-0.05, 0) is 55.3 Å². The van der Waals surface area contributed by atoms with Crippen molar-refractivity contribution < 1.29 is 14.3 Å². The fourth-order valence-corrected chi connectivity index (χ4v) is 4.58. The Labute approximate surface area is 197 Å². The van der Waals surface area contributed by atoms with E-state index in [-0.39, 0.29) is 22.7 Å². The van der Waals surface area contributed by atoms with Crippen LogP contribution in [0.25, 0.3) is 17.0 Å². The van der Waals surface area contributed by atoms with E-state index in [1.165, 1.54) is 24.3 Å². The van der Waals surface area contributed by atoms with Crippen molar-refractivity contribution in [3.8, 4) is 5.75 Å². The molecule has 0 unspecified atom stereocenters. The van der Waals surface area contributed by atoms with Crippen LogP contribution in [0.5, 0.6) is 5.75 Å². The van der Waals surface area contributed by atoms with Gasteiger partial charge in [0.15, 0.2) is 5.78 Å². The SMILES string of the molecule is CCN1CCN(c2cc3c(cc2F)c(=O)c(C(=O)C=Cc2ccc(O)cc2)cn3C2CC2)CC1. The Bertz CT molecular complexity index is 1320. The molecule has 1 aromatic heterocycles. The van der Waals surface area contributed by atoms with E-state index in [0.29, 0.717) is 11.2 Å². The maximum Gasteiger partial charge on any atom is 0.200 e. The molecule has 0 bridgehead atoms. The summed E-state index contributed by atoms with van der Waals surface area (Å²) in [5.41, 5.74) is 1.52. The van der Waals surface area contributed by atoms with Crippen LogP contribution in [0.1, 0.15) is 41.7 Å². The third kappa shape index (κ3) is 4.35. The van der Waals surface area contributed by atoms with Crippen molar-refractivity contribution >= 4 is 28.4 Å². The molecule has 1 saturated heterocycles. The Balaban J connectivity index is 1.52. The van der Waals surface area contributed by atoms with Crippen molar-refractivity contribution in [2.45, 2.75) is 25.8 Å². The average Bonchev–Trinajstić information content (AvgIpc) is 3.69. The quantitative estimate of drug-likeness (QED) is 0.440. The van der Waals surface area contributed by atoms with Gasteiger partial charge in [-0.1, -0.05) is 25.1 Å². The topological polar surface area (TPSA) is 65.8 Å². The van der Waals surface area contributed by atoms with E-state index in [9.17, 15) is 14.7 Å². The molecule has 1 aliphatic carbocycles. The summed E-state index contributed by atoms with van der Waals surface area (Å²) in [6, 6.07) is 9.72. The number of ketones is 1. The molecule has 0 amide bonds. The normalized spacial score (nSPS) is 17.1. The van der Waals surface area contributed by atoms with Gasteiger partial charge in [-0.15, -0.1) is 0 Å². The second-order valence-corrected chi connectivity index (χ2v) is 9.04. The van der Waals surface area contributed by atoms with Gasteiger partial charge in [0.1, 0.15) is 11.6 Å². The van der Waals surface area contributed by atoms with Crippen LogP contribution in [0.15, 0.2) is 53.5 Å². The highest BCUT2D eigenvalue weighted by Crippen LogP contribution is 2.38. The second kappa shape index (κ2) is 9.06. The Hall–Kier alpha value is -3.45. The third-order valence-electron chi connectivity index (χ3n) is 6.79. The third-order valence-corrected chi connectivity index (χ3v) is 6.79. The van der Waals surface area contributed by atoms with Crippen LogP contribution in [0.3, 0.4) is 0 Å². The van der Waals surface area contributed by atoms with E-state index in [4.69, 9.17) is 0 Å². The number of likely N-dealkylation sites (N-methyl/N-ethyl adjacent to an activating group) is 1. The van der Waals surface area contributed by atoms with Crippen LogP contribution in [0.4, 0.5) is 10.1 Å². The summed E-state index contributed by atoms with van der Waals surface area (Å²) >= 11 is 0. The van der Waals surface area contributed by atoms with E-state index in [0.717, 1.165) is 51.1 Å². The number of phenolic OH excluding ortho intramolecular Hbond substituents is 1. The number of aromatic hydroxyl groups is 1. The summed E-state index contributed by atoms with van der Waals surface area (Å²) in [4.78, 5) is 30.6. The maximum atomic E-state index is 15.2. The minimum Gasteiger partial charge on any atom is -0.508 e. The molecule has 5 rings (SSSR count). The van der Waals surface area contributed by atoms with Crippen molar-refractivity contribution in [2.24, 2.45) is 0 Å². The van der Waals surface area contributed by atoms with Gasteiger partial charge in [-0.3, -0.25) is 9.59 Å². The first kappa shape index (κ1) is 22.3. The van der Waals surface area contributed by atoms with E-state index in [1.807, 2.05) is 9.47 Å². The molecule has 2 aliphatic rings. The molecule has 2 fully saturated rings. The summed E-state index contributed by atoms with van der Waals surface area (Å²) in [5, 5.41) is 9.65. The van der Waals surface area contributed by atoms with Gasteiger partial charge in [0, 0.05) is 43.8 Å². The van der Waals surface area contributed by atoms with Crippen LogP contribution in [0.2, 0.25) is 0 Å².